The van der Waals surface area contributed by atoms with Crippen LogP contribution in [-0.4, -0.2) is 9.78 Å². The summed E-state index contributed by atoms with van der Waals surface area (Å²) in [7, 11) is 0. The number of nitrogens with two attached hydrogens (primary N) is 1. The second kappa shape index (κ2) is 10.2. The fourth-order valence-corrected chi connectivity index (χ4v) is 2.81. The molecule has 0 aliphatic heterocycles. The lowest BCUT2D eigenvalue weighted by Gasteiger charge is -2.18. The molecule has 116 valence electrons. The summed E-state index contributed by atoms with van der Waals surface area (Å²) >= 11 is 6.26. The zero-order valence-corrected chi connectivity index (χ0v) is 13.6. The first-order valence-corrected chi connectivity index (χ1v) is 8.29. The Kier molecular flexibility index (Phi) is 8.90. The molecule has 3 N–H and O–H groups in total. The Labute approximate surface area is 128 Å². The number of unbranched alkanes of at least 4 members (excludes halogenated alkanes) is 5. The molecule has 1 atom stereocenters. The molecule has 1 aromatic rings. The topological polar surface area (TPSA) is 55.9 Å². The molecular weight excluding hydrogens is 272 g/mol. The third-order valence-electron chi connectivity index (χ3n) is 3.65. The zero-order chi connectivity index (χ0) is 14.8. The molecule has 0 bridgehead atoms. The van der Waals surface area contributed by atoms with Crippen LogP contribution in [0, 0.1) is 0 Å². The largest absolute Gasteiger partial charge is 0.271 e. The number of hydrogen-bond acceptors (Lipinski definition) is 3. The van der Waals surface area contributed by atoms with E-state index in [0.717, 1.165) is 25.1 Å². The normalized spacial score (nSPS) is 12.8. The maximum Gasteiger partial charge on any atom is 0.0834 e. The summed E-state index contributed by atoms with van der Waals surface area (Å²) in [5.41, 5.74) is 3.93. The molecule has 4 nitrogen and oxygen atoms in total. The number of halogens is 1. The van der Waals surface area contributed by atoms with Gasteiger partial charge in [-0.15, -0.1) is 0 Å². The minimum absolute atomic E-state index is 0.0997. The second-order valence-electron chi connectivity index (χ2n) is 5.38. The molecule has 0 amide bonds. The maximum absolute atomic E-state index is 6.26. The smallest absolute Gasteiger partial charge is 0.0834 e. The van der Waals surface area contributed by atoms with Gasteiger partial charge in [0.2, 0.25) is 0 Å². The summed E-state index contributed by atoms with van der Waals surface area (Å²) in [6.07, 6.45) is 11.5. The average molecular weight is 301 g/mol. The van der Waals surface area contributed by atoms with Crippen molar-refractivity contribution in [1.82, 2.24) is 15.2 Å². The Morgan fingerprint density at radius 1 is 1.20 bits per heavy atom. The van der Waals surface area contributed by atoms with Crippen molar-refractivity contribution in [2.45, 2.75) is 77.8 Å². The van der Waals surface area contributed by atoms with Gasteiger partial charge in [0.25, 0.3) is 0 Å². The van der Waals surface area contributed by atoms with Crippen LogP contribution in [0.5, 0.6) is 0 Å². The van der Waals surface area contributed by atoms with Crippen LogP contribution in [-0.2, 0) is 6.54 Å². The molecule has 0 saturated heterocycles. The number of nitrogens with one attached hydrogen (secondary N) is 1. The first-order chi connectivity index (χ1) is 9.74. The van der Waals surface area contributed by atoms with E-state index in [1.807, 2.05) is 4.68 Å². The molecule has 1 rings (SSSR count). The van der Waals surface area contributed by atoms with Crippen molar-refractivity contribution in [2.24, 2.45) is 5.84 Å². The van der Waals surface area contributed by atoms with Crippen molar-refractivity contribution in [3.8, 4) is 0 Å². The third kappa shape index (κ3) is 5.43. The van der Waals surface area contributed by atoms with Gasteiger partial charge in [-0.2, -0.15) is 5.10 Å². The van der Waals surface area contributed by atoms with Crippen LogP contribution >= 0.6 is 11.6 Å². The molecule has 0 spiro atoms. The first kappa shape index (κ1) is 17.5. The highest BCUT2D eigenvalue weighted by molar-refractivity contribution is 6.31. The van der Waals surface area contributed by atoms with Gasteiger partial charge >= 0.3 is 0 Å². The van der Waals surface area contributed by atoms with Crippen molar-refractivity contribution in [1.29, 1.82) is 0 Å². The Balaban J connectivity index is 2.47. The highest BCUT2D eigenvalue weighted by Gasteiger charge is 2.18. The van der Waals surface area contributed by atoms with E-state index in [1.165, 1.54) is 38.5 Å². The van der Waals surface area contributed by atoms with E-state index < -0.39 is 0 Å². The van der Waals surface area contributed by atoms with Gasteiger partial charge in [0.15, 0.2) is 0 Å². The van der Waals surface area contributed by atoms with Crippen LogP contribution in [0.1, 0.15) is 76.9 Å². The number of nitrogens with zero attached hydrogens (tertiary/aromatic N) is 2. The van der Waals surface area contributed by atoms with E-state index in [-0.39, 0.29) is 6.04 Å². The van der Waals surface area contributed by atoms with Crippen molar-refractivity contribution in [3.05, 3.63) is 16.9 Å². The lowest BCUT2D eigenvalue weighted by molar-refractivity contribution is 0.436. The molecule has 0 radical (unpaired) electrons. The van der Waals surface area contributed by atoms with Gasteiger partial charge in [-0.25, -0.2) is 0 Å². The Morgan fingerprint density at radius 3 is 2.55 bits per heavy atom. The van der Waals surface area contributed by atoms with Gasteiger partial charge in [0.1, 0.15) is 0 Å². The molecule has 1 unspecified atom stereocenters. The van der Waals surface area contributed by atoms with Crippen LogP contribution < -0.4 is 11.3 Å². The summed E-state index contributed by atoms with van der Waals surface area (Å²) in [6.45, 7) is 5.26. The second-order valence-corrected chi connectivity index (χ2v) is 5.78. The van der Waals surface area contributed by atoms with Gasteiger partial charge in [0, 0.05) is 6.54 Å². The highest BCUT2D eigenvalue weighted by atomic mass is 35.5. The first-order valence-electron chi connectivity index (χ1n) is 7.91. The number of rotatable bonds is 11. The number of aromatic nitrogens is 2. The lowest BCUT2D eigenvalue weighted by atomic mass is 10.0. The zero-order valence-electron chi connectivity index (χ0n) is 12.9. The van der Waals surface area contributed by atoms with Gasteiger partial charge in [-0.05, 0) is 12.8 Å². The summed E-state index contributed by atoms with van der Waals surface area (Å²) < 4.78 is 1.98. The number of hydrogen-bond donors (Lipinski definition) is 2. The van der Waals surface area contributed by atoms with Gasteiger partial charge < -0.3 is 0 Å². The predicted molar refractivity (Wildman–Crippen MR) is 85.6 cm³/mol. The van der Waals surface area contributed by atoms with E-state index in [2.05, 4.69) is 24.4 Å². The van der Waals surface area contributed by atoms with E-state index >= 15 is 0 Å². The van der Waals surface area contributed by atoms with Gasteiger partial charge in [0.05, 0.1) is 23.0 Å². The molecule has 0 aliphatic carbocycles. The van der Waals surface area contributed by atoms with E-state index in [0.29, 0.717) is 5.02 Å². The molecule has 20 heavy (non-hydrogen) atoms. The highest BCUT2D eigenvalue weighted by Crippen LogP contribution is 2.26. The van der Waals surface area contributed by atoms with Crippen LogP contribution in [0.3, 0.4) is 0 Å². The fraction of sp³-hybridized carbons (Fsp3) is 0.800. The quantitative estimate of drug-likeness (QED) is 0.366. The number of hydrazine groups is 1. The van der Waals surface area contributed by atoms with Crippen molar-refractivity contribution < 1.29 is 0 Å². The van der Waals surface area contributed by atoms with E-state index in [1.54, 1.807) is 6.20 Å². The summed E-state index contributed by atoms with van der Waals surface area (Å²) in [6, 6.07) is 0.0997. The molecule has 0 saturated carbocycles. The monoisotopic (exact) mass is 300 g/mol. The number of aryl methyl sites for hydroxylation is 1. The van der Waals surface area contributed by atoms with Crippen molar-refractivity contribution in [2.75, 3.05) is 0 Å². The molecule has 1 aromatic heterocycles. The van der Waals surface area contributed by atoms with Crippen LogP contribution in [0.25, 0.3) is 0 Å². The Morgan fingerprint density at radius 2 is 1.90 bits per heavy atom. The van der Waals surface area contributed by atoms with Crippen molar-refractivity contribution in [3.63, 3.8) is 0 Å². The molecule has 1 heterocycles. The van der Waals surface area contributed by atoms with Gasteiger partial charge in [-0.3, -0.25) is 16.0 Å². The molecule has 0 aliphatic rings. The Bertz CT molecular complexity index is 365. The Hall–Kier alpha value is -0.580. The summed E-state index contributed by atoms with van der Waals surface area (Å²) in [4.78, 5) is 0. The fourth-order valence-electron chi connectivity index (χ4n) is 2.54. The van der Waals surface area contributed by atoms with Gasteiger partial charge in [-0.1, -0.05) is 64.0 Å². The third-order valence-corrected chi connectivity index (χ3v) is 3.94. The SMILES string of the molecule is CCCCCCCCC(NN)c1c(Cl)cnn1CCC. The lowest BCUT2D eigenvalue weighted by Crippen LogP contribution is -2.30. The minimum atomic E-state index is 0.0997. The molecular formula is C15H29ClN4. The summed E-state index contributed by atoms with van der Waals surface area (Å²) in [5.74, 6) is 5.71. The standard InChI is InChI=1S/C15H29ClN4/c1-3-5-6-7-8-9-10-14(19-17)15-13(16)12-18-20(15)11-4-2/h12,14,19H,3-11,17H2,1-2H3. The molecule has 0 fully saturated rings. The predicted octanol–water partition coefficient (Wildman–Crippen LogP) is 4.20. The minimum Gasteiger partial charge on any atom is -0.271 e. The average Bonchev–Trinajstić information content (AvgIpc) is 2.80. The van der Waals surface area contributed by atoms with E-state index in [4.69, 9.17) is 17.4 Å². The van der Waals surface area contributed by atoms with Crippen LogP contribution in [0.2, 0.25) is 5.02 Å². The van der Waals surface area contributed by atoms with Crippen molar-refractivity contribution >= 4 is 11.6 Å². The summed E-state index contributed by atoms with van der Waals surface area (Å²) in [5, 5.41) is 5.05. The van der Waals surface area contributed by atoms with Crippen LogP contribution in [0.15, 0.2) is 6.20 Å². The van der Waals surface area contributed by atoms with E-state index in [9.17, 15) is 0 Å². The molecule has 0 aromatic carbocycles. The molecule has 5 heteroatoms. The van der Waals surface area contributed by atoms with Crippen LogP contribution in [0.4, 0.5) is 0 Å². The maximum atomic E-state index is 6.26.